The molecule has 0 amide bonds. The molecule has 0 spiro atoms. The summed E-state index contributed by atoms with van der Waals surface area (Å²) in [6, 6.07) is 14.3. The van der Waals surface area contributed by atoms with Crippen LogP contribution >= 0.6 is 15.9 Å². The van der Waals surface area contributed by atoms with Crippen LogP contribution in [0.5, 0.6) is 0 Å². The summed E-state index contributed by atoms with van der Waals surface area (Å²) in [7, 11) is 0. The Bertz CT molecular complexity index is 928. The van der Waals surface area contributed by atoms with E-state index in [-0.39, 0.29) is 5.43 Å². The fourth-order valence-electron chi connectivity index (χ4n) is 3.76. The second-order valence-corrected chi connectivity index (χ2v) is 7.19. The van der Waals surface area contributed by atoms with Crippen LogP contribution in [0.1, 0.15) is 38.1 Å². The molecule has 1 saturated carbocycles. The number of halogens is 1. The molecule has 1 fully saturated rings. The van der Waals surface area contributed by atoms with E-state index in [1.165, 1.54) is 19.3 Å². The Hall–Kier alpha value is -1.94. The zero-order valence-electron chi connectivity index (χ0n) is 13.4. The Morgan fingerprint density at radius 2 is 1.75 bits per heavy atom. The molecule has 0 bridgehead atoms. The Kier molecular flexibility index (Phi) is 4.23. The zero-order chi connectivity index (χ0) is 16.5. The van der Waals surface area contributed by atoms with Gasteiger partial charge in [0.05, 0.1) is 15.6 Å². The minimum Gasteiger partial charge on any atom is -0.321 e. The summed E-state index contributed by atoms with van der Waals surface area (Å²) in [6.45, 7) is 0. The van der Waals surface area contributed by atoms with E-state index in [0.717, 1.165) is 29.7 Å². The molecule has 24 heavy (non-hydrogen) atoms. The van der Waals surface area contributed by atoms with E-state index in [9.17, 15) is 4.79 Å². The lowest BCUT2D eigenvalue weighted by Gasteiger charge is -2.29. The summed E-state index contributed by atoms with van der Waals surface area (Å²) in [5, 5.41) is 0.689. The molecule has 3 nitrogen and oxygen atoms in total. The van der Waals surface area contributed by atoms with Crippen molar-refractivity contribution in [1.82, 2.24) is 9.55 Å². The fraction of sp³-hybridized carbons (Fsp3) is 0.300. The van der Waals surface area contributed by atoms with Crippen molar-refractivity contribution in [1.29, 1.82) is 0 Å². The Balaban J connectivity index is 2.09. The lowest BCUT2D eigenvalue weighted by Crippen LogP contribution is -2.21. The van der Waals surface area contributed by atoms with E-state index in [1.807, 2.05) is 30.3 Å². The molecule has 4 heteroatoms. The molecule has 122 valence electrons. The van der Waals surface area contributed by atoms with E-state index in [0.29, 0.717) is 15.9 Å². The molecule has 0 radical (unpaired) electrons. The van der Waals surface area contributed by atoms with Crippen molar-refractivity contribution in [3.05, 3.63) is 63.4 Å². The lowest BCUT2D eigenvalue weighted by molar-refractivity contribution is 0.360. The molecule has 0 unspecified atom stereocenters. The Labute approximate surface area is 149 Å². The van der Waals surface area contributed by atoms with E-state index < -0.39 is 0 Å². The van der Waals surface area contributed by atoms with Gasteiger partial charge < -0.3 is 4.57 Å². The highest BCUT2D eigenvalue weighted by Crippen LogP contribution is 2.37. The van der Waals surface area contributed by atoms with Crippen molar-refractivity contribution in [2.45, 2.75) is 38.1 Å². The van der Waals surface area contributed by atoms with Gasteiger partial charge in [-0.3, -0.25) is 4.79 Å². The summed E-state index contributed by atoms with van der Waals surface area (Å²) in [5.41, 5.74) is 2.83. The van der Waals surface area contributed by atoms with Gasteiger partial charge in [0.25, 0.3) is 0 Å². The molecule has 0 aliphatic heterocycles. The van der Waals surface area contributed by atoms with E-state index in [1.54, 1.807) is 6.20 Å². The predicted octanol–water partition coefficient (Wildman–Crippen LogP) is 5.33. The first-order chi connectivity index (χ1) is 11.8. The van der Waals surface area contributed by atoms with Gasteiger partial charge in [-0.2, -0.15) is 0 Å². The van der Waals surface area contributed by atoms with Crippen molar-refractivity contribution in [2.75, 3.05) is 0 Å². The van der Waals surface area contributed by atoms with Crippen LogP contribution in [0.4, 0.5) is 0 Å². The quantitative estimate of drug-likeness (QED) is 0.600. The van der Waals surface area contributed by atoms with Crippen LogP contribution in [0.2, 0.25) is 0 Å². The van der Waals surface area contributed by atoms with Gasteiger partial charge in [0.15, 0.2) is 0 Å². The van der Waals surface area contributed by atoms with Gasteiger partial charge in [0, 0.05) is 12.2 Å². The second kappa shape index (κ2) is 6.52. The topological polar surface area (TPSA) is 34.9 Å². The van der Waals surface area contributed by atoms with Crippen LogP contribution in [0, 0.1) is 0 Å². The maximum atomic E-state index is 12.9. The van der Waals surface area contributed by atoms with Crippen LogP contribution in [-0.2, 0) is 0 Å². The fourth-order valence-corrected chi connectivity index (χ4v) is 4.39. The van der Waals surface area contributed by atoms with Crippen molar-refractivity contribution >= 4 is 27.0 Å². The number of fused-ring (bicyclic) bond motifs is 1. The van der Waals surface area contributed by atoms with Gasteiger partial charge in [0.1, 0.15) is 5.65 Å². The molecule has 1 aliphatic rings. The maximum absolute atomic E-state index is 12.9. The molecule has 0 N–H and O–H groups in total. The molecule has 0 atom stereocenters. The number of rotatable bonds is 2. The standard InChI is InChI=1S/C20H19BrN2O/c21-17-18(14-8-3-1-4-9-14)23(15-10-5-2-6-11-15)20-16(19(17)24)12-7-13-22-20/h1,3-4,7-9,12-13,15H,2,5-6,10-11H2. The first kappa shape index (κ1) is 15.6. The Morgan fingerprint density at radius 3 is 2.50 bits per heavy atom. The summed E-state index contributed by atoms with van der Waals surface area (Å²) in [6.07, 6.45) is 7.82. The third-order valence-electron chi connectivity index (χ3n) is 4.89. The van der Waals surface area contributed by atoms with Gasteiger partial charge in [-0.25, -0.2) is 4.98 Å². The predicted molar refractivity (Wildman–Crippen MR) is 101 cm³/mol. The number of aromatic nitrogens is 2. The van der Waals surface area contributed by atoms with Gasteiger partial charge in [-0.15, -0.1) is 0 Å². The van der Waals surface area contributed by atoms with Crippen LogP contribution in [-0.4, -0.2) is 9.55 Å². The number of hydrogen-bond acceptors (Lipinski definition) is 2. The molecular formula is C20H19BrN2O. The Morgan fingerprint density at radius 1 is 1.00 bits per heavy atom. The molecule has 4 rings (SSSR count). The normalized spacial score (nSPS) is 15.7. The first-order valence-electron chi connectivity index (χ1n) is 8.51. The van der Waals surface area contributed by atoms with Crippen LogP contribution in [0.25, 0.3) is 22.3 Å². The first-order valence-corrected chi connectivity index (χ1v) is 9.31. The lowest BCUT2D eigenvalue weighted by atomic mass is 9.94. The van der Waals surface area contributed by atoms with Crippen molar-refractivity contribution < 1.29 is 0 Å². The zero-order valence-corrected chi connectivity index (χ0v) is 15.0. The monoisotopic (exact) mass is 382 g/mol. The minimum absolute atomic E-state index is 0.0176. The number of hydrogen-bond donors (Lipinski definition) is 0. The van der Waals surface area contributed by atoms with Crippen LogP contribution < -0.4 is 5.43 Å². The van der Waals surface area contributed by atoms with Crippen LogP contribution in [0.15, 0.2) is 57.9 Å². The highest BCUT2D eigenvalue weighted by molar-refractivity contribution is 9.10. The van der Waals surface area contributed by atoms with E-state index >= 15 is 0 Å². The third kappa shape index (κ3) is 2.59. The van der Waals surface area contributed by atoms with Crippen molar-refractivity contribution in [2.24, 2.45) is 0 Å². The number of benzene rings is 1. The van der Waals surface area contributed by atoms with Crippen LogP contribution in [0.3, 0.4) is 0 Å². The average molecular weight is 383 g/mol. The largest absolute Gasteiger partial charge is 0.321 e. The summed E-state index contributed by atoms with van der Waals surface area (Å²) < 4.78 is 2.94. The molecular weight excluding hydrogens is 364 g/mol. The maximum Gasteiger partial charge on any atom is 0.205 e. The third-order valence-corrected chi connectivity index (χ3v) is 5.63. The van der Waals surface area contributed by atoms with Gasteiger partial charge in [-0.1, -0.05) is 49.6 Å². The van der Waals surface area contributed by atoms with E-state index in [4.69, 9.17) is 0 Å². The summed E-state index contributed by atoms with van der Waals surface area (Å²) in [5.74, 6) is 0. The highest BCUT2D eigenvalue weighted by Gasteiger charge is 2.24. The number of pyridine rings is 2. The summed E-state index contributed by atoms with van der Waals surface area (Å²) in [4.78, 5) is 17.4. The molecule has 1 aliphatic carbocycles. The molecule has 3 aromatic rings. The second-order valence-electron chi connectivity index (χ2n) is 6.39. The SMILES string of the molecule is O=c1c(Br)c(-c2ccccc2)n(C2CCCCC2)c2ncccc12. The van der Waals surface area contributed by atoms with E-state index in [2.05, 4.69) is 37.6 Å². The molecule has 1 aromatic carbocycles. The number of nitrogens with zero attached hydrogens (tertiary/aromatic N) is 2. The van der Waals surface area contributed by atoms with Crippen molar-refractivity contribution in [3.8, 4) is 11.3 Å². The van der Waals surface area contributed by atoms with Crippen molar-refractivity contribution in [3.63, 3.8) is 0 Å². The van der Waals surface area contributed by atoms with Gasteiger partial charge in [0.2, 0.25) is 5.43 Å². The van der Waals surface area contributed by atoms with Gasteiger partial charge in [-0.05, 0) is 46.5 Å². The average Bonchev–Trinajstić information content (AvgIpc) is 2.66. The molecule has 2 heterocycles. The molecule has 2 aromatic heterocycles. The summed E-state index contributed by atoms with van der Waals surface area (Å²) >= 11 is 3.59. The highest BCUT2D eigenvalue weighted by atomic mass is 79.9. The van der Waals surface area contributed by atoms with Gasteiger partial charge >= 0.3 is 0 Å². The minimum atomic E-state index is 0.0176. The smallest absolute Gasteiger partial charge is 0.205 e. The molecule has 0 saturated heterocycles.